The van der Waals surface area contributed by atoms with Crippen LogP contribution in [-0.4, -0.2) is 24.2 Å². The number of ether oxygens (including phenoxy) is 2. The molecule has 1 amide bonds. The van der Waals surface area contributed by atoms with Crippen LogP contribution < -0.4 is 14.9 Å². The lowest BCUT2D eigenvalue weighted by molar-refractivity contribution is -0.127. The Morgan fingerprint density at radius 2 is 1.69 bits per heavy atom. The maximum absolute atomic E-state index is 12.5. The summed E-state index contributed by atoms with van der Waals surface area (Å²) in [7, 11) is 0. The van der Waals surface area contributed by atoms with Gasteiger partial charge >= 0.3 is 5.97 Å². The molecule has 0 unspecified atom stereocenters. The molecule has 4 rings (SSSR count). The standard InChI is InChI=1S/C28H23BrN2O4/c1-18-7-9-21(10-8-18)28(33)35-26-14-12-24(29)15-23(26)17-30-31-27(32)19(2)34-25-13-11-20-5-3-4-6-22(20)16-25/h3-17,19H,1-2H3,(H,31,32)/b30-17-/t19-/m0/s1. The molecule has 0 aromatic heterocycles. The molecule has 35 heavy (non-hydrogen) atoms. The molecule has 0 spiro atoms. The summed E-state index contributed by atoms with van der Waals surface area (Å²) in [6.45, 7) is 3.59. The van der Waals surface area contributed by atoms with E-state index in [0.29, 0.717) is 22.6 Å². The summed E-state index contributed by atoms with van der Waals surface area (Å²) < 4.78 is 12.1. The van der Waals surface area contributed by atoms with Gasteiger partial charge in [-0.1, -0.05) is 64.0 Å². The van der Waals surface area contributed by atoms with Crippen LogP contribution in [0.4, 0.5) is 0 Å². The summed E-state index contributed by atoms with van der Waals surface area (Å²) in [5.41, 5.74) is 4.48. The molecule has 0 aliphatic heterocycles. The number of carbonyl (C=O) groups is 2. The summed E-state index contributed by atoms with van der Waals surface area (Å²) in [4.78, 5) is 25.0. The van der Waals surface area contributed by atoms with E-state index in [-0.39, 0.29) is 0 Å². The van der Waals surface area contributed by atoms with Crippen LogP contribution in [0.25, 0.3) is 10.8 Å². The van der Waals surface area contributed by atoms with Crippen LogP contribution in [0.3, 0.4) is 0 Å². The number of rotatable bonds is 7. The summed E-state index contributed by atoms with van der Waals surface area (Å²) in [5.74, 6) is 0.0101. The molecule has 0 fully saturated rings. The van der Waals surface area contributed by atoms with Crippen LogP contribution in [0.2, 0.25) is 0 Å². The largest absolute Gasteiger partial charge is 0.481 e. The molecular formula is C28H23BrN2O4. The van der Waals surface area contributed by atoms with Crippen molar-refractivity contribution in [2.75, 3.05) is 0 Å². The van der Waals surface area contributed by atoms with E-state index in [4.69, 9.17) is 9.47 Å². The number of aryl methyl sites for hydroxylation is 1. The number of nitrogens with zero attached hydrogens (tertiary/aromatic N) is 1. The molecule has 4 aromatic rings. The Morgan fingerprint density at radius 1 is 0.943 bits per heavy atom. The third kappa shape index (κ3) is 6.33. The predicted molar refractivity (Wildman–Crippen MR) is 140 cm³/mol. The molecule has 1 N–H and O–H groups in total. The van der Waals surface area contributed by atoms with Gasteiger partial charge in [0.25, 0.3) is 5.91 Å². The van der Waals surface area contributed by atoms with Crippen molar-refractivity contribution < 1.29 is 19.1 Å². The van der Waals surface area contributed by atoms with Crippen molar-refractivity contribution in [3.63, 3.8) is 0 Å². The van der Waals surface area contributed by atoms with E-state index in [1.165, 1.54) is 6.21 Å². The normalized spacial score (nSPS) is 11.9. The average Bonchev–Trinajstić information content (AvgIpc) is 2.85. The van der Waals surface area contributed by atoms with Crippen LogP contribution >= 0.6 is 15.9 Å². The number of amides is 1. The SMILES string of the molecule is Cc1ccc(C(=O)Oc2ccc(Br)cc2/C=N\NC(=O)[C@H](C)Oc2ccc3ccccc3c2)cc1. The Kier molecular flexibility index (Phi) is 7.57. The van der Waals surface area contributed by atoms with Gasteiger partial charge in [0, 0.05) is 10.0 Å². The molecule has 0 bridgehead atoms. The number of fused-ring (bicyclic) bond motifs is 1. The zero-order valence-electron chi connectivity index (χ0n) is 19.2. The fraction of sp³-hybridized carbons (Fsp3) is 0.107. The van der Waals surface area contributed by atoms with Gasteiger partial charge in [0.05, 0.1) is 11.8 Å². The van der Waals surface area contributed by atoms with Gasteiger partial charge in [0.2, 0.25) is 0 Å². The van der Waals surface area contributed by atoms with E-state index in [1.807, 2.05) is 61.5 Å². The molecular weight excluding hydrogens is 508 g/mol. The fourth-order valence-electron chi connectivity index (χ4n) is 3.32. The first kappa shape index (κ1) is 24.2. The highest BCUT2D eigenvalue weighted by atomic mass is 79.9. The zero-order valence-corrected chi connectivity index (χ0v) is 20.8. The molecule has 0 aliphatic carbocycles. The van der Waals surface area contributed by atoms with Gasteiger partial charge in [0.15, 0.2) is 6.10 Å². The minimum absolute atomic E-state index is 0.317. The second-order valence-corrected chi connectivity index (χ2v) is 8.86. The molecule has 0 heterocycles. The second-order valence-electron chi connectivity index (χ2n) is 7.94. The molecule has 7 heteroatoms. The highest BCUT2D eigenvalue weighted by Crippen LogP contribution is 2.23. The summed E-state index contributed by atoms with van der Waals surface area (Å²) in [6.07, 6.45) is 0.651. The predicted octanol–water partition coefficient (Wildman–Crippen LogP) is 6.05. The Hall–Kier alpha value is -3.97. The highest BCUT2D eigenvalue weighted by Gasteiger charge is 2.15. The number of halogens is 1. The van der Waals surface area contributed by atoms with Crippen LogP contribution in [0.15, 0.2) is 94.5 Å². The lowest BCUT2D eigenvalue weighted by Gasteiger charge is -2.13. The lowest BCUT2D eigenvalue weighted by Crippen LogP contribution is -2.33. The van der Waals surface area contributed by atoms with E-state index >= 15 is 0 Å². The van der Waals surface area contributed by atoms with Crippen LogP contribution in [0, 0.1) is 6.92 Å². The second kappa shape index (κ2) is 11.0. The maximum atomic E-state index is 12.5. The molecule has 6 nitrogen and oxygen atoms in total. The van der Waals surface area contributed by atoms with Crippen LogP contribution in [0.1, 0.15) is 28.4 Å². The topological polar surface area (TPSA) is 77.0 Å². The first-order valence-electron chi connectivity index (χ1n) is 11.0. The van der Waals surface area contributed by atoms with Gasteiger partial charge in [-0.25, -0.2) is 10.2 Å². The smallest absolute Gasteiger partial charge is 0.343 e. The van der Waals surface area contributed by atoms with E-state index < -0.39 is 18.0 Å². The van der Waals surface area contributed by atoms with E-state index in [0.717, 1.165) is 20.8 Å². The molecule has 1 atom stereocenters. The summed E-state index contributed by atoms with van der Waals surface area (Å²) in [5, 5.41) is 6.15. The summed E-state index contributed by atoms with van der Waals surface area (Å²) in [6, 6.07) is 25.8. The van der Waals surface area contributed by atoms with Gasteiger partial charge in [-0.2, -0.15) is 5.10 Å². The van der Waals surface area contributed by atoms with Crippen molar-refractivity contribution in [3.05, 3.63) is 106 Å². The highest BCUT2D eigenvalue weighted by molar-refractivity contribution is 9.10. The maximum Gasteiger partial charge on any atom is 0.343 e. The fourth-order valence-corrected chi connectivity index (χ4v) is 3.70. The van der Waals surface area contributed by atoms with Crippen LogP contribution in [-0.2, 0) is 4.79 Å². The molecule has 176 valence electrons. The van der Waals surface area contributed by atoms with Gasteiger partial charge in [0.1, 0.15) is 11.5 Å². The monoisotopic (exact) mass is 530 g/mol. The number of nitrogens with one attached hydrogen (secondary N) is 1. The first-order valence-corrected chi connectivity index (χ1v) is 11.7. The molecule has 0 saturated heterocycles. The van der Waals surface area contributed by atoms with Crippen molar-refractivity contribution in [2.24, 2.45) is 5.10 Å². The van der Waals surface area contributed by atoms with Gasteiger partial charge in [-0.3, -0.25) is 4.79 Å². The van der Waals surface area contributed by atoms with Crippen molar-refractivity contribution in [1.29, 1.82) is 0 Å². The summed E-state index contributed by atoms with van der Waals surface area (Å²) >= 11 is 3.40. The van der Waals surface area contributed by atoms with Crippen molar-refractivity contribution >= 4 is 44.8 Å². The van der Waals surface area contributed by atoms with Crippen molar-refractivity contribution in [2.45, 2.75) is 20.0 Å². The number of esters is 1. The van der Waals surface area contributed by atoms with E-state index in [2.05, 4.69) is 26.5 Å². The van der Waals surface area contributed by atoms with Gasteiger partial charge < -0.3 is 9.47 Å². The Bertz CT molecular complexity index is 1400. The minimum atomic E-state index is -0.769. The first-order chi connectivity index (χ1) is 16.9. The zero-order chi connectivity index (χ0) is 24.8. The van der Waals surface area contributed by atoms with E-state index in [9.17, 15) is 9.59 Å². The quantitative estimate of drug-likeness (QED) is 0.136. The molecule has 0 radical (unpaired) electrons. The average molecular weight is 531 g/mol. The minimum Gasteiger partial charge on any atom is -0.481 e. The number of hydrogen-bond acceptors (Lipinski definition) is 5. The lowest BCUT2D eigenvalue weighted by atomic mass is 10.1. The van der Waals surface area contributed by atoms with Crippen LogP contribution in [0.5, 0.6) is 11.5 Å². The van der Waals surface area contributed by atoms with Crippen molar-refractivity contribution in [1.82, 2.24) is 5.43 Å². The molecule has 0 saturated carbocycles. The Labute approximate surface area is 211 Å². The number of carbonyl (C=O) groups excluding carboxylic acids is 2. The van der Waals surface area contributed by atoms with Gasteiger partial charge in [-0.15, -0.1) is 0 Å². The van der Waals surface area contributed by atoms with E-state index in [1.54, 1.807) is 37.3 Å². The third-order valence-corrected chi connectivity index (χ3v) is 5.74. The van der Waals surface area contributed by atoms with Gasteiger partial charge in [-0.05, 0) is 67.1 Å². The molecule has 4 aromatic carbocycles. The molecule has 0 aliphatic rings. The third-order valence-electron chi connectivity index (χ3n) is 5.24. The number of hydrazone groups is 1. The van der Waals surface area contributed by atoms with Crippen molar-refractivity contribution in [3.8, 4) is 11.5 Å². The number of benzene rings is 4. The Balaban J connectivity index is 1.40. The Morgan fingerprint density at radius 3 is 2.46 bits per heavy atom. The number of hydrogen-bond donors (Lipinski definition) is 1.